The van der Waals surface area contributed by atoms with Crippen molar-refractivity contribution in [1.82, 2.24) is 0 Å². The third kappa shape index (κ3) is 2.82. The van der Waals surface area contributed by atoms with E-state index >= 15 is 0 Å². The van der Waals surface area contributed by atoms with E-state index in [4.69, 9.17) is 0 Å². The summed E-state index contributed by atoms with van der Waals surface area (Å²) in [4.78, 5) is 27.9. The first kappa shape index (κ1) is 20.3. The van der Waals surface area contributed by atoms with Crippen LogP contribution in [0.2, 0.25) is 0 Å². The average Bonchev–Trinajstić information content (AvgIpc) is 3.23. The highest BCUT2D eigenvalue weighted by molar-refractivity contribution is 6.25. The number of benzene rings is 5. The molecule has 0 N–H and O–H groups in total. The average molecular weight is 439 g/mol. The molecule has 0 saturated heterocycles. The molecule has 5 aromatic carbocycles. The predicted octanol–water partition coefficient (Wildman–Crippen LogP) is 7.57. The maximum Gasteiger partial charge on any atom is 0.194 e. The van der Waals surface area contributed by atoms with E-state index in [1.54, 1.807) is 0 Å². The Kier molecular flexibility index (Phi) is 4.56. The van der Waals surface area contributed by atoms with Crippen LogP contribution in [-0.2, 0) is 0 Å². The van der Waals surface area contributed by atoms with Gasteiger partial charge in [0.25, 0.3) is 0 Å². The van der Waals surface area contributed by atoms with Gasteiger partial charge in [0.15, 0.2) is 11.6 Å². The minimum Gasteiger partial charge on any atom is -0.289 e. The van der Waals surface area contributed by atoms with Gasteiger partial charge in [0.1, 0.15) is 0 Å². The Bertz CT molecular complexity index is 1510. The monoisotopic (exact) mass is 438 g/mol. The zero-order chi connectivity index (χ0) is 23.4. The summed E-state index contributed by atoms with van der Waals surface area (Å²) < 4.78 is 0. The molecule has 2 nitrogen and oxygen atoms in total. The molecule has 0 heterocycles. The Balaban J connectivity index is 1.73. The lowest BCUT2D eigenvalue weighted by molar-refractivity contribution is 0.100. The molecule has 0 amide bonds. The van der Waals surface area contributed by atoms with Gasteiger partial charge in [0, 0.05) is 22.3 Å². The van der Waals surface area contributed by atoms with Gasteiger partial charge in [-0.15, -0.1) is 0 Å². The first-order valence-electron chi connectivity index (χ1n) is 11.5. The predicted molar refractivity (Wildman–Crippen MR) is 138 cm³/mol. The summed E-state index contributed by atoms with van der Waals surface area (Å²) in [6.45, 7) is 3.97. The number of hydrogen-bond acceptors (Lipinski definition) is 2. The molecule has 5 aromatic rings. The van der Waals surface area contributed by atoms with Crippen LogP contribution >= 0.6 is 0 Å². The quantitative estimate of drug-likeness (QED) is 0.266. The van der Waals surface area contributed by atoms with Crippen molar-refractivity contribution in [3.63, 3.8) is 0 Å². The second-order valence-corrected chi connectivity index (χ2v) is 8.85. The maximum absolute atomic E-state index is 13.9. The van der Waals surface area contributed by atoms with E-state index in [-0.39, 0.29) is 11.6 Å². The van der Waals surface area contributed by atoms with Crippen molar-refractivity contribution in [1.29, 1.82) is 0 Å². The van der Waals surface area contributed by atoms with Gasteiger partial charge < -0.3 is 0 Å². The van der Waals surface area contributed by atoms with Crippen LogP contribution in [0.3, 0.4) is 0 Å². The largest absolute Gasteiger partial charge is 0.289 e. The molecule has 1 aliphatic carbocycles. The molecule has 1 aliphatic rings. The Morgan fingerprint density at radius 1 is 0.500 bits per heavy atom. The molecule has 0 saturated carbocycles. The first-order chi connectivity index (χ1) is 16.6. The van der Waals surface area contributed by atoms with Crippen LogP contribution in [0.15, 0.2) is 97.1 Å². The third-order valence-corrected chi connectivity index (χ3v) is 6.97. The van der Waals surface area contributed by atoms with Crippen molar-refractivity contribution in [3.05, 3.63) is 130 Å². The SMILES string of the molecule is Cc1c(C(=O)c2ccccc2)c(C(=O)c2ccccc2)c(C)c2c1-c1cccc3cccc-2c13. The third-order valence-electron chi connectivity index (χ3n) is 6.97. The summed E-state index contributed by atoms with van der Waals surface area (Å²) in [7, 11) is 0. The Hall–Kier alpha value is -4.30. The van der Waals surface area contributed by atoms with Gasteiger partial charge in [-0.05, 0) is 58.0 Å². The standard InChI is InChI=1S/C32H22O2/c1-19-26-24-17-9-15-21-16-10-18-25(30(21)24)27(26)20(2)29(32(34)23-13-7-4-8-14-23)28(19)31(33)22-11-5-3-6-12-22/h3-18H,1-2H3. The van der Waals surface area contributed by atoms with Gasteiger partial charge in [0.05, 0.1) is 0 Å². The summed E-state index contributed by atoms with van der Waals surface area (Å²) in [5, 5.41) is 2.35. The van der Waals surface area contributed by atoms with E-state index in [0.29, 0.717) is 22.3 Å². The van der Waals surface area contributed by atoms with Crippen molar-refractivity contribution >= 4 is 22.3 Å². The second-order valence-electron chi connectivity index (χ2n) is 8.85. The van der Waals surface area contributed by atoms with Crippen LogP contribution in [0.5, 0.6) is 0 Å². The lowest BCUT2D eigenvalue weighted by Gasteiger charge is -2.20. The molecule has 0 bridgehead atoms. The van der Waals surface area contributed by atoms with Crippen LogP contribution in [0.4, 0.5) is 0 Å². The zero-order valence-corrected chi connectivity index (χ0v) is 19.1. The van der Waals surface area contributed by atoms with E-state index in [1.807, 2.05) is 74.5 Å². The summed E-state index contributed by atoms with van der Waals surface area (Å²) >= 11 is 0. The fraction of sp³-hybridized carbons (Fsp3) is 0.0625. The van der Waals surface area contributed by atoms with E-state index in [9.17, 15) is 9.59 Å². The topological polar surface area (TPSA) is 34.1 Å². The van der Waals surface area contributed by atoms with Crippen molar-refractivity contribution < 1.29 is 9.59 Å². The molecule has 0 fully saturated rings. The molecule has 0 aromatic heterocycles. The molecule has 0 aliphatic heterocycles. The number of ketones is 2. The van der Waals surface area contributed by atoms with Crippen LogP contribution in [0, 0.1) is 13.8 Å². The zero-order valence-electron chi connectivity index (χ0n) is 19.1. The van der Waals surface area contributed by atoms with Crippen molar-refractivity contribution in [2.45, 2.75) is 13.8 Å². The summed E-state index contributed by atoms with van der Waals surface area (Å²) in [6.07, 6.45) is 0. The first-order valence-corrected chi connectivity index (χ1v) is 11.5. The van der Waals surface area contributed by atoms with Crippen LogP contribution in [0.25, 0.3) is 33.0 Å². The molecule has 0 atom stereocenters. The normalized spacial score (nSPS) is 11.5. The summed E-state index contributed by atoms with van der Waals surface area (Å²) in [5.41, 5.74) is 8.27. The highest BCUT2D eigenvalue weighted by Gasteiger charge is 2.33. The lowest BCUT2D eigenvalue weighted by atomic mass is 9.81. The van der Waals surface area contributed by atoms with Crippen LogP contribution in [-0.4, -0.2) is 11.6 Å². The van der Waals surface area contributed by atoms with Gasteiger partial charge in [-0.3, -0.25) is 9.59 Å². The summed E-state index contributed by atoms with van der Waals surface area (Å²) in [6, 6.07) is 31.1. The number of hydrogen-bond donors (Lipinski definition) is 0. The second kappa shape index (κ2) is 7.64. The summed E-state index contributed by atoms with van der Waals surface area (Å²) in [5.74, 6) is -0.238. The highest BCUT2D eigenvalue weighted by atomic mass is 16.1. The van der Waals surface area contributed by atoms with E-state index in [2.05, 4.69) is 36.4 Å². The van der Waals surface area contributed by atoms with Crippen LogP contribution in [0.1, 0.15) is 43.0 Å². The molecule has 0 unspecified atom stereocenters. The number of carbonyl (C=O) groups excluding carboxylic acids is 2. The maximum atomic E-state index is 13.9. The van der Waals surface area contributed by atoms with Gasteiger partial charge >= 0.3 is 0 Å². The van der Waals surface area contributed by atoms with Crippen molar-refractivity contribution in [2.75, 3.05) is 0 Å². The Labute approximate surface area is 198 Å². The Morgan fingerprint density at radius 2 is 0.912 bits per heavy atom. The minimum absolute atomic E-state index is 0.119. The van der Waals surface area contributed by atoms with Crippen LogP contribution < -0.4 is 0 Å². The molecule has 0 spiro atoms. The fourth-order valence-electron chi connectivity index (χ4n) is 5.47. The molecule has 6 rings (SSSR count). The minimum atomic E-state index is -0.119. The van der Waals surface area contributed by atoms with Gasteiger partial charge in [-0.25, -0.2) is 0 Å². The van der Waals surface area contributed by atoms with Gasteiger partial charge in [0.2, 0.25) is 0 Å². The highest BCUT2D eigenvalue weighted by Crippen LogP contribution is 2.52. The lowest BCUT2D eigenvalue weighted by Crippen LogP contribution is -2.16. The van der Waals surface area contributed by atoms with Gasteiger partial charge in [-0.2, -0.15) is 0 Å². The number of fused-ring (bicyclic) bond motifs is 3. The number of rotatable bonds is 4. The Morgan fingerprint density at radius 3 is 1.32 bits per heavy atom. The number of carbonyl (C=O) groups is 2. The molecular weight excluding hydrogens is 416 g/mol. The molecule has 162 valence electrons. The van der Waals surface area contributed by atoms with E-state index in [1.165, 1.54) is 5.39 Å². The molecule has 0 radical (unpaired) electrons. The smallest absolute Gasteiger partial charge is 0.194 e. The van der Waals surface area contributed by atoms with Crippen molar-refractivity contribution in [2.24, 2.45) is 0 Å². The van der Waals surface area contributed by atoms with Gasteiger partial charge in [-0.1, -0.05) is 97.1 Å². The van der Waals surface area contributed by atoms with E-state index in [0.717, 1.165) is 38.8 Å². The fourth-order valence-corrected chi connectivity index (χ4v) is 5.47. The van der Waals surface area contributed by atoms with E-state index < -0.39 is 0 Å². The molecule has 2 heteroatoms. The molecular formula is C32H22O2. The molecule has 34 heavy (non-hydrogen) atoms. The van der Waals surface area contributed by atoms with Crippen molar-refractivity contribution in [3.8, 4) is 22.3 Å².